The van der Waals surface area contributed by atoms with E-state index < -0.39 is 0 Å². The highest BCUT2D eigenvalue weighted by molar-refractivity contribution is 6.04. The molecule has 1 atom stereocenters. The molecule has 1 fully saturated rings. The zero-order valence-electron chi connectivity index (χ0n) is 10.9. The van der Waals surface area contributed by atoms with Gasteiger partial charge < -0.3 is 5.32 Å². The van der Waals surface area contributed by atoms with Crippen molar-refractivity contribution in [1.29, 1.82) is 0 Å². The maximum atomic E-state index is 12.2. The van der Waals surface area contributed by atoms with E-state index >= 15 is 0 Å². The topological polar surface area (TPSA) is 74.8 Å². The number of benzene rings is 1. The number of aromatic amines is 1. The first kappa shape index (κ1) is 11.9. The van der Waals surface area contributed by atoms with Crippen LogP contribution < -0.4 is 10.9 Å². The van der Waals surface area contributed by atoms with Gasteiger partial charge in [-0.15, -0.1) is 0 Å². The summed E-state index contributed by atoms with van der Waals surface area (Å²) in [4.78, 5) is 23.9. The number of rotatable bonds is 2. The van der Waals surface area contributed by atoms with Crippen LogP contribution in [-0.4, -0.2) is 22.1 Å². The molecule has 1 aliphatic rings. The molecule has 2 N–H and O–H groups in total. The largest absolute Gasteiger partial charge is 0.347 e. The minimum absolute atomic E-state index is 0.160. The molecular weight excluding hydrogens is 242 g/mol. The zero-order chi connectivity index (χ0) is 13.6. The van der Waals surface area contributed by atoms with Gasteiger partial charge in [0.05, 0.1) is 5.39 Å². The first-order valence-corrected chi connectivity index (χ1v) is 6.27. The number of H-pyrrole nitrogens is 1. The lowest BCUT2D eigenvalue weighted by Crippen LogP contribution is -2.30. The zero-order valence-corrected chi connectivity index (χ0v) is 10.9. The summed E-state index contributed by atoms with van der Waals surface area (Å²) in [6.45, 7) is 4.21. The average Bonchev–Trinajstić information content (AvgIpc) is 2.97. The molecule has 1 unspecified atom stereocenters. The molecule has 3 rings (SSSR count). The summed E-state index contributed by atoms with van der Waals surface area (Å²) < 4.78 is 0. The molecule has 1 aliphatic carbocycles. The van der Waals surface area contributed by atoms with E-state index in [0.717, 1.165) is 6.42 Å². The fourth-order valence-corrected chi connectivity index (χ4v) is 2.23. The van der Waals surface area contributed by atoms with Crippen molar-refractivity contribution in [3.05, 3.63) is 40.3 Å². The van der Waals surface area contributed by atoms with Crippen LogP contribution in [0, 0.1) is 5.41 Å². The van der Waals surface area contributed by atoms with Crippen LogP contribution in [0.4, 0.5) is 0 Å². The van der Waals surface area contributed by atoms with E-state index in [2.05, 4.69) is 29.4 Å². The van der Waals surface area contributed by atoms with Gasteiger partial charge in [0.1, 0.15) is 0 Å². The summed E-state index contributed by atoms with van der Waals surface area (Å²) >= 11 is 0. The summed E-state index contributed by atoms with van der Waals surface area (Å²) in [7, 11) is 0. The van der Waals surface area contributed by atoms with Crippen LogP contribution in [0.25, 0.3) is 10.8 Å². The van der Waals surface area contributed by atoms with E-state index in [1.54, 1.807) is 24.3 Å². The van der Waals surface area contributed by atoms with Crippen LogP contribution in [0.15, 0.2) is 29.1 Å². The Hall–Kier alpha value is -2.17. The first-order valence-electron chi connectivity index (χ1n) is 6.27. The number of carbonyl (C=O) groups is 1. The van der Waals surface area contributed by atoms with Crippen molar-refractivity contribution >= 4 is 16.7 Å². The Morgan fingerprint density at radius 3 is 2.63 bits per heavy atom. The third-order valence-electron chi connectivity index (χ3n) is 3.73. The summed E-state index contributed by atoms with van der Waals surface area (Å²) in [5, 5.41) is 10.3. The van der Waals surface area contributed by atoms with Crippen LogP contribution in [0.5, 0.6) is 0 Å². The van der Waals surface area contributed by atoms with Gasteiger partial charge in [-0.1, -0.05) is 32.0 Å². The molecule has 5 heteroatoms. The molecule has 1 aromatic heterocycles. The average molecular weight is 257 g/mol. The molecular formula is C14H15N3O2. The number of carbonyl (C=O) groups excluding carboxylic acids is 1. The lowest BCUT2D eigenvalue weighted by Gasteiger charge is -2.07. The van der Waals surface area contributed by atoms with E-state index in [9.17, 15) is 9.59 Å². The van der Waals surface area contributed by atoms with E-state index in [0.29, 0.717) is 10.8 Å². The van der Waals surface area contributed by atoms with Gasteiger partial charge in [0, 0.05) is 11.4 Å². The number of hydrogen-bond acceptors (Lipinski definition) is 3. The highest BCUT2D eigenvalue weighted by Crippen LogP contribution is 2.44. The first-order chi connectivity index (χ1) is 8.99. The molecule has 5 nitrogen and oxygen atoms in total. The van der Waals surface area contributed by atoms with Gasteiger partial charge in [0.15, 0.2) is 5.69 Å². The second kappa shape index (κ2) is 3.91. The lowest BCUT2D eigenvalue weighted by atomic mass is 10.1. The van der Waals surface area contributed by atoms with Crippen molar-refractivity contribution in [2.75, 3.05) is 0 Å². The fraction of sp³-hybridized carbons (Fsp3) is 0.357. The van der Waals surface area contributed by atoms with Gasteiger partial charge in [-0.3, -0.25) is 9.59 Å². The predicted molar refractivity (Wildman–Crippen MR) is 72.0 cm³/mol. The maximum absolute atomic E-state index is 12.2. The molecule has 1 heterocycles. The van der Waals surface area contributed by atoms with Crippen LogP contribution >= 0.6 is 0 Å². The Morgan fingerprint density at radius 1 is 1.37 bits per heavy atom. The van der Waals surface area contributed by atoms with Gasteiger partial charge >= 0.3 is 0 Å². The van der Waals surface area contributed by atoms with E-state index in [1.807, 2.05) is 0 Å². The molecule has 1 saturated carbocycles. The molecule has 1 amide bonds. The molecule has 0 saturated heterocycles. The van der Waals surface area contributed by atoms with Gasteiger partial charge in [-0.2, -0.15) is 5.10 Å². The Labute approximate surface area is 110 Å². The summed E-state index contributed by atoms with van der Waals surface area (Å²) in [5.74, 6) is -0.233. The molecule has 98 valence electrons. The standard InChI is InChI=1S/C14H15N3O2/c1-14(2)7-10(14)15-13(19)11-8-5-3-4-6-9(8)12(18)17-16-11/h3-6,10H,7H2,1-2H3,(H,15,19)(H,17,18). The number of amides is 1. The lowest BCUT2D eigenvalue weighted by molar-refractivity contribution is 0.0942. The molecule has 19 heavy (non-hydrogen) atoms. The second-order valence-corrected chi connectivity index (χ2v) is 5.67. The van der Waals surface area contributed by atoms with Crippen molar-refractivity contribution in [2.24, 2.45) is 5.41 Å². The van der Waals surface area contributed by atoms with Crippen molar-refractivity contribution in [2.45, 2.75) is 26.3 Å². The molecule has 0 aliphatic heterocycles. The smallest absolute Gasteiger partial charge is 0.272 e. The van der Waals surface area contributed by atoms with E-state index in [4.69, 9.17) is 0 Å². The monoisotopic (exact) mass is 257 g/mol. The highest BCUT2D eigenvalue weighted by Gasteiger charge is 2.46. The second-order valence-electron chi connectivity index (χ2n) is 5.67. The van der Waals surface area contributed by atoms with E-state index in [-0.39, 0.29) is 28.6 Å². The van der Waals surface area contributed by atoms with Crippen molar-refractivity contribution in [1.82, 2.24) is 15.5 Å². The summed E-state index contributed by atoms with van der Waals surface area (Å²) in [6.07, 6.45) is 0.972. The molecule has 0 spiro atoms. The number of fused-ring (bicyclic) bond motifs is 1. The van der Waals surface area contributed by atoms with Crippen molar-refractivity contribution < 1.29 is 4.79 Å². The normalized spacial score (nSPS) is 20.2. The molecule has 2 aromatic rings. The number of nitrogens with zero attached hydrogens (tertiary/aromatic N) is 1. The van der Waals surface area contributed by atoms with Gasteiger partial charge in [0.25, 0.3) is 11.5 Å². The van der Waals surface area contributed by atoms with Crippen molar-refractivity contribution in [3.8, 4) is 0 Å². The molecule has 0 bridgehead atoms. The number of nitrogens with one attached hydrogen (secondary N) is 2. The summed E-state index contributed by atoms with van der Waals surface area (Å²) in [6, 6.07) is 7.18. The minimum Gasteiger partial charge on any atom is -0.347 e. The predicted octanol–water partition coefficient (Wildman–Crippen LogP) is 1.45. The minimum atomic E-state index is -0.279. The van der Waals surface area contributed by atoms with Gasteiger partial charge in [0.2, 0.25) is 0 Å². The highest BCUT2D eigenvalue weighted by atomic mass is 16.2. The maximum Gasteiger partial charge on any atom is 0.272 e. The van der Waals surface area contributed by atoms with Crippen molar-refractivity contribution in [3.63, 3.8) is 0 Å². The number of aromatic nitrogens is 2. The third-order valence-corrected chi connectivity index (χ3v) is 3.73. The van der Waals surface area contributed by atoms with Gasteiger partial charge in [-0.25, -0.2) is 5.10 Å². The van der Waals surface area contributed by atoms with Crippen LogP contribution in [0.1, 0.15) is 30.8 Å². The summed E-state index contributed by atoms with van der Waals surface area (Å²) in [5.41, 5.74) is 0.157. The number of hydrogen-bond donors (Lipinski definition) is 2. The van der Waals surface area contributed by atoms with E-state index in [1.165, 1.54) is 0 Å². The third kappa shape index (κ3) is 2.01. The SMILES string of the molecule is CC1(C)CC1NC(=O)c1n[nH]c(=O)c2ccccc12. The molecule has 0 radical (unpaired) electrons. The van der Waals surface area contributed by atoms with Crippen LogP contribution in [0.3, 0.4) is 0 Å². The Balaban J connectivity index is 1.99. The Bertz CT molecular complexity index is 718. The molecule has 1 aromatic carbocycles. The Kier molecular flexibility index (Phi) is 2.45. The van der Waals surface area contributed by atoms with Crippen LogP contribution in [0.2, 0.25) is 0 Å². The quantitative estimate of drug-likeness (QED) is 0.855. The van der Waals surface area contributed by atoms with Crippen LogP contribution in [-0.2, 0) is 0 Å². The Morgan fingerprint density at radius 2 is 2.00 bits per heavy atom. The fourth-order valence-electron chi connectivity index (χ4n) is 2.23. The van der Waals surface area contributed by atoms with Gasteiger partial charge in [-0.05, 0) is 17.9 Å².